The number of hydrogen-bond acceptors (Lipinski definition) is 4. The van der Waals surface area contributed by atoms with Crippen molar-refractivity contribution in [3.05, 3.63) is 0 Å². The molecule has 0 saturated heterocycles. The zero-order valence-electron chi connectivity index (χ0n) is 7.88. The summed E-state index contributed by atoms with van der Waals surface area (Å²) in [6.07, 6.45) is 2.60. The standard InChI is InChI=1S/C8H18S4/c1-3-5-9-11-7-8-12-10-6-4-2/h3-8H2,1-2H3. The average molecular weight is 242 g/mol. The van der Waals surface area contributed by atoms with Crippen LogP contribution in [0.4, 0.5) is 0 Å². The van der Waals surface area contributed by atoms with Gasteiger partial charge in [-0.2, -0.15) is 0 Å². The van der Waals surface area contributed by atoms with Crippen molar-refractivity contribution in [1.29, 1.82) is 0 Å². The Balaban J connectivity index is 2.73. The molecule has 0 aromatic rings. The summed E-state index contributed by atoms with van der Waals surface area (Å²) in [6, 6.07) is 0. The van der Waals surface area contributed by atoms with Crippen molar-refractivity contribution in [2.24, 2.45) is 0 Å². The van der Waals surface area contributed by atoms with E-state index in [4.69, 9.17) is 0 Å². The SMILES string of the molecule is CCCSSCCSSCCC. The molecule has 0 aliphatic heterocycles. The van der Waals surface area contributed by atoms with E-state index in [1.807, 2.05) is 43.2 Å². The molecule has 0 spiro atoms. The van der Waals surface area contributed by atoms with Crippen LogP contribution in [-0.4, -0.2) is 23.0 Å². The van der Waals surface area contributed by atoms with Crippen molar-refractivity contribution >= 4 is 43.2 Å². The van der Waals surface area contributed by atoms with E-state index in [1.165, 1.54) is 35.9 Å². The molecule has 74 valence electrons. The Hall–Kier alpha value is 1.40. The normalized spacial score (nSPS) is 10.5. The number of hydrogen-bond donors (Lipinski definition) is 0. The molecule has 0 saturated carbocycles. The van der Waals surface area contributed by atoms with Gasteiger partial charge < -0.3 is 0 Å². The van der Waals surface area contributed by atoms with Crippen LogP contribution in [0.2, 0.25) is 0 Å². The van der Waals surface area contributed by atoms with Crippen LogP contribution in [0.1, 0.15) is 26.7 Å². The molecule has 4 heteroatoms. The summed E-state index contributed by atoms with van der Waals surface area (Å²) in [4.78, 5) is 0. The highest BCUT2D eigenvalue weighted by atomic mass is 33.1. The highest BCUT2D eigenvalue weighted by molar-refractivity contribution is 8.78. The number of rotatable bonds is 9. The lowest BCUT2D eigenvalue weighted by molar-refractivity contribution is 1.11. The van der Waals surface area contributed by atoms with Crippen LogP contribution >= 0.6 is 43.2 Å². The third-order valence-corrected chi connectivity index (χ3v) is 6.47. The predicted octanol–water partition coefficient (Wildman–Crippen LogP) is 4.57. The average Bonchev–Trinajstić information content (AvgIpc) is 2.10. The second-order valence-electron chi connectivity index (χ2n) is 2.29. The Labute approximate surface area is 92.6 Å². The van der Waals surface area contributed by atoms with Gasteiger partial charge in [0.1, 0.15) is 0 Å². The minimum absolute atomic E-state index is 1.30. The van der Waals surface area contributed by atoms with E-state index in [0.29, 0.717) is 0 Å². The van der Waals surface area contributed by atoms with Crippen LogP contribution in [0.5, 0.6) is 0 Å². The fourth-order valence-electron chi connectivity index (χ4n) is 0.470. The minimum Gasteiger partial charge on any atom is -0.0941 e. The molecular formula is C8H18S4. The molecule has 0 aliphatic carbocycles. The van der Waals surface area contributed by atoms with Gasteiger partial charge in [0.25, 0.3) is 0 Å². The molecule has 0 amide bonds. The van der Waals surface area contributed by atoms with Gasteiger partial charge in [0.2, 0.25) is 0 Å². The maximum atomic E-state index is 2.24. The Morgan fingerprint density at radius 3 is 1.25 bits per heavy atom. The summed E-state index contributed by atoms with van der Waals surface area (Å²) in [5.74, 6) is 5.20. The van der Waals surface area contributed by atoms with Gasteiger partial charge in [-0.25, -0.2) is 0 Å². The summed E-state index contributed by atoms with van der Waals surface area (Å²) < 4.78 is 0. The van der Waals surface area contributed by atoms with Crippen molar-refractivity contribution < 1.29 is 0 Å². The third-order valence-electron chi connectivity index (χ3n) is 0.992. The fraction of sp³-hybridized carbons (Fsp3) is 1.00. The van der Waals surface area contributed by atoms with E-state index in [2.05, 4.69) is 13.8 Å². The molecule has 0 rings (SSSR count). The van der Waals surface area contributed by atoms with E-state index in [1.54, 1.807) is 0 Å². The summed E-state index contributed by atoms with van der Waals surface area (Å²) in [5.41, 5.74) is 0. The highest BCUT2D eigenvalue weighted by Crippen LogP contribution is 2.27. The van der Waals surface area contributed by atoms with Gasteiger partial charge in [-0.3, -0.25) is 0 Å². The van der Waals surface area contributed by atoms with E-state index >= 15 is 0 Å². The predicted molar refractivity (Wildman–Crippen MR) is 70.4 cm³/mol. The summed E-state index contributed by atoms with van der Waals surface area (Å²) >= 11 is 0. The van der Waals surface area contributed by atoms with Crippen LogP contribution in [0, 0.1) is 0 Å². The fourth-order valence-corrected chi connectivity index (χ4v) is 5.46. The van der Waals surface area contributed by atoms with E-state index in [0.717, 1.165) is 0 Å². The Morgan fingerprint density at radius 1 is 0.583 bits per heavy atom. The Bertz CT molecular complexity index is 67.5. The lowest BCUT2D eigenvalue weighted by Gasteiger charge is -1.99. The minimum atomic E-state index is 1.30. The summed E-state index contributed by atoms with van der Waals surface area (Å²) in [7, 11) is 8.06. The zero-order valence-corrected chi connectivity index (χ0v) is 11.1. The van der Waals surface area contributed by atoms with Crippen molar-refractivity contribution in [3.8, 4) is 0 Å². The van der Waals surface area contributed by atoms with Crippen LogP contribution in [0.3, 0.4) is 0 Å². The molecule has 0 aliphatic rings. The molecule has 12 heavy (non-hydrogen) atoms. The van der Waals surface area contributed by atoms with Gasteiger partial charge in [0, 0.05) is 23.0 Å². The van der Waals surface area contributed by atoms with Gasteiger partial charge in [0.05, 0.1) is 0 Å². The largest absolute Gasteiger partial charge is 0.0941 e. The molecule has 0 atom stereocenters. The molecule has 0 aromatic carbocycles. The lowest BCUT2D eigenvalue weighted by Crippen LogP contribution is -1.80. The first-order chi connectivity index (χ1) is 5.91. The molecule has 0 nitrogen and oxygen atoms in total. The van der Waals surface area contributed by atoms with Gasteiger partial charge in [-0.05, 0) is 12.8 Å². The first-order valence-corrected chi connectivity index (χ1v) is 9.38. The Morgan fingerprint density at radius 2 is 0.917 bits per heavy atom. The van der Waals surface area contributed by atoms with Gasteiger partial charge in [0.15, 0.2) is 0 Å². The smallest absolute Gasteiger partial charge is 0.0136 e. The summed E-state index contributed by atoms with van der Waals surface area (Å²) in [5, 5.41) is 0. The van der Waals surface area contributed by atoms with E-state index in [9.17, 15) is 0 Å². The molecule has 0 radical (unpaired) electrons. The zero-order chi connectivity index (χ0) is 9.07. The molecule has 0 unspecified atom stereocenters. The van der Waals surface area contributed by atoms with E-state index < -0.39 is 0 Å². The highest BCUT2D eigenvalue weighted by Gasteiger charge is 1.91. The molecular weight excluding hydrogens is 224 g/mol. The molecule has 0 bridgehead atoms. The topological polar surface area (TPSA) is 0 Å². The molecule has 0 N–H and O–H groups in total. The van der Waals surface area contributed by atoms with Crippen LogP contribution in [0.15, 0.2) is 0 Å². The van der Waals surface area contributed by atoms with Crippen molar-refractivity contribution in [3.63, 3.8) is 0 Å². The first kappa shape index (κ1) is 13.4. The monoisotopic (exact) mass is 242 g/mol. The van der Waals surface area contributed by atoms with Crippen LogP contribution < -0.4 is 0 Å². The van der Waals surface area contributed by atoms with Crippen molar-refractivity contribution in [2.45, 2.75) is 26.7 Å². The quantitative estimate of drug-likeness (QED) is 0.429. The molecule has 0 heterocycles. The maximum absolute atomic E-state index is 2.24. The maximum Gasteiger partial charge on any atom is 0.0136 e. The van der Waals surface area contributed by atoms with Crippen molar-refractivity contribution in [1.82, 2.24) is 0 Å². The second-order valence-corrected chi connectivity index (χ2v) is 7.69. The molecule has 0 fully saturated rings. The van der Waals surface area contributed by atoms with Gasteiger partial charge in [-0.1, -0.05) is 57.0 Å². The van der Waals surface area contributed by atoms with Gasteiger partial charge >= 0.3 is 0 Å². The van der Waals surface area contributed by atoms with Gasteiger partial charge in [-0.15, -0.1) is 0 Å². The van der Waals surface area contributed by atoms with E-state index in [-0.39, 0.29) is 0 Å². The Kier molecular flexibility index (Phi) is 13.8. The first-order valence-electron chi connectivity index (χ1n) is 4.40. The summed E-state index contributed by atoms with van der Waals surface area (Å²) in [6.45, 7) is 4.47. The lowest BCUT2D eigenvalue weighted by atomic mass is 10.6. The third kappa shape index (κ3) is 11.4. The van der Waals surface area contributed by atoms with Crippen LogP contribution in [-0.2, 0) is 0 Å². The molecule has 0 aromatic heterocycles. The van der Waals surface area contributed by atoms with Crippen molar-refractivity contribution in [2.75, 3.05) is 23.0 Å². The second kappa shape index (κ2) is 12.4. The van der Waals surface area contributed by atoms with Crippen LogP contribution in [0.25, 0.3) is 0 Å².